The van der Waals surface area contributed by atoms with E-state index >= 15 is 0 Å². The van der Waals surface area contributed by atoms with Gasteiger partial charge in [0.2, 0.25) is 0 Å². The van der Waals surface area contributed by atoms with E-state index in [1.807, 2.05) is 19.0 Å². The molecule has 2 aromatic rings. The van der Waals surface area contributed by atoms with Crippen LogP contribution in [0.5, 0.6) is 0 Å². The van der Waals surface area contributed by atoms with Crippen LogP contribution in [0.3, 0.4) is 0 Å². The molecule has 0 atom stereocenters. The van der Waals surface area contributed by atoms with Crippen LogP contribution in [0.1, 0.15) is 0 Å². The van der Waals surface area contributed by atoms with E-state index in [2.05, 4.69) is 5.10 Å². The summed E-state index contributed by atoms with van der Waals surface area (Å²) in [5.41, 5.74) is 6.43. The molecule has 0 aliphatic rings. The summed E-state index contributed by atoms with van der Waals surface area (Å²) in [6.07, 6.45) is 0. The molecule has 4 nitrogen and oxygen atoms in total. The van der Waals surface area contributed by atoms with Crippen molar-refractivity contribution in [2.75, 3.05) is 24.7 Å². The van der Waals surface area contributed by atoms with Gasteiger partial charge in [-0.15, -0.1) is 5.10 Å². The highest BCUT2D eigenvalue weighted by atomic mass is 19.1. The first-order valence-corrected chi connectivity index (χ1v) is 4.87. The average molecular weight is 220 g/mol. The highest BCUT2D eigenvalue weighted by Gasteiger charge is 2.09. The molecule has 2 N–H and O–H groups in total. The summed E-state index contributed by atoms with van der Waals surface area (Å²) >= 11 is 0. The summed E-state index contributed by atoms with van der Waals surface area (Å²) in [5.74, 6) is 1.02. The molecule has 0 saturated heterocycles. The zero-order chi connectivity index (χ0) is 11.7. The van der Waals surface area contributed by atoms with E-state index in [0.29, 0.717) is 5.82 Å². The van der Waals surface area contributed by atoms with Crippen LogP contribution in [0.2, 0.25) is 0 Å². The minimum atomic E-state index is -0.268. The van der Waals surface area contributed by atoms with Crippen LogP contribution in [-0.2, 0) is 0 Å². The average Bonchev–Trinajstić information content (AvgIpc) is 2.61. The second kappa shape index (κ2) is 3.84. The van der Waals surface area contributed by atoms with Crippen molar-refractivity contribution >= 4 is 11.6 Å². The number of benzene rings is 1. The second-order valence-corrected chi connectivity index (χ2v) is 3.71. The largest absolute Gasteiger partial charge is 0.382 e. The predicted molar refractivity (Wildman–Crippen MR) is 62.3 cm³/mol. The van der Waals surface area contributed by atoms with Gasteiger partial charge in [0.05, 0.1) is 5.69 Å². The number of hydrogen-bond donors (Lipinski definition) is 1. The zero-order valence-corrected chi connectivity index (χ0v) is 9.18. The number of anilines is 2. The van der Waals surface area contributed by atoms with Crippen molar-refractivity contribution in [3.05, 3.63) is 36.1 Å². The Morgan fingerprint density at radius 2 is 1.88 bits per heavy atom. The predicted octanol–water partition coefficient (Wildman–Crippen LogP) is 1.66. The van der Waals surface area contributed by atoms with Gasteiger partial charge in [-0.3, -0.25) is 0 Å². The minimum Gasteiger partial charge on any atom is -0.382 e. The molecule has 0 spiro atoms. The maximum Gasteiger partial charge on any atom is 0.148 e. The van der Waals surface area contributed by atoms with Gasteiger partial charge >= 0.3 is 0 Å². The Labute approximate surface area is 93.1 Å². The van der Waals surface area contributed by atoms with E-state index < -0.39 is 0 Å². The lowest BCUT2D eigenvalue weighted by Crippen LogP contribution is -2.14. The van der Waals surface area contributed by atoms with E-state index in [0.717, 1.165) is 11.5 Å². The first-order chi connectivity index (χ1) is 7.58. The standard InChI is InChI=1S/C11H13FN4/c1-15(2)11-7-10(13)14-16(11)9-5-3-8(12)4-6-9/h3-7H,1-2H3,(H2,13,14). The number of hydrogen-bond acceptors (Lipinski definition) is 3. The fourth-order valence-corrected chi connectivity index (χ4v) is 1.48. The first-order valence-electron chi connectivity index (χ1n) is 4.87. The van der Waals surface area contributed by atoms with Gasteiger partial charge in [0.25, 0.3) is 0 Å². The third-order valence-electron chi connectivity index (χ3n) is 2.24. The summed E-state index contributed by atoms with van der Waals surface area (Å²) in [6, 6.07) is 7.88. The summed E-state index contributed by atoms with van der Waals surface area (Å²) in [5, 5.41) is 4.16. The Bertz CT molecular complexity index is 487. The molecule has 0 unspecified atom stereocenters. The fourth-order valence-electron chi connectivity index (χ4n) is 1.48. The molecule has 1 aromatic heterocycles. The van der Waals surface area contributed by atoms with Crippen molar-refractivity contribution in [3.63, 3.8) is 0 Å². The second-order valence-electron chi connectivity index (χ2n) is 3.71. The van der Waals surface area contributed by atoms with Crippen molar-refractivity contribution in [1.29, 1.82) is 0 Å². The molecule has 0 amide bonds. The lowest BCUT2D eigenvalue weighted by Gasteiger charge is -2.14. The third kappa shape index (κ3) is 1.84. The van der Waals surface area contributed by atoms with E-state index in [1.165, 1.54) is 12.1 Å². The van der Waals surface area contributed by atoms with Gasteiger partial charge in [0.1, 0.15) is 17.5 Å². The molecule has 0 bridgehead atoms. The number of nitrogens with two attached hydrogens (primary N) is 1. The van der Waals surface area contributed by atoms with Gasteiger partial charge in [-0.1, -0.05) is 0 Å². The van der Waals surface area contributed by atoms with Crippen LogP contribution in [0.15, 0.2) is 30.3 Å². The normalized spacial score (nSPS) is 10.4. The Morgan fingerprint density at radius 3 is 2.44 bits per heavy atom. The molecule has 0 radical (unpaired) electrons. The molecular formula is C11H13FN4. The molecule has 1 heterocycles. The molecule has 5 heteroatoms. The molecule has 0 aliphatic carbocycles. The van der Waals surface area contributed by atoms with Gasteiger partial charge in [0.15, 0.2) is 0 Å². The van der Waals surface area contributed by atoms with Crippen LogP contribution in [0.4, 0.5) is 16.0 Å². The highest BCUT2D eigenvalue weighted by molar-refractivity contribution is 5.52. The lowest BCUT2D eigenvalue weighted by molar-refractivity contribution is 0.627. The Hall–Kier alpha value is -2.04. The van der Waals surface area contributed by atoms with Gasteiger partial charge in [-0.2, -0.15) is 0 Å². The Balaban J connectivity index is 2.50. The quantitative estimate of drug-likeness (QED) is 0.837. The van der Waals surface area contributed by atoms with Crippen LogP contribution in [0.25, 0.3) is 5.69 Å². The topological polar surface area (TPSA) is 47.1 Å². The van der Waals surface area contributed by atoms with E-state index in [9.17, 15) is 4.39 Å². The number of halogens is 1. The van der Waals surface area contributed by atoms with Gasteiger partial charge in [-0.25, -0.2) is 9.07 Å². The van der Waals surface area contributed by atoms with Crippen molar-refractivity contribution in [3.8, 4) is 5.69 Å². The van der Waals surface area contributed by atoms with E-state index in [4.69, 9.17) is 5.73 Å². The third-order valence-corrected chi connectivity index (χ3v) is 2.24. The molecule has 84 valence electrons. The van der Waals surface area contributed by atoms with Crippen LogP contribution >= 0.6 is 0 Å². The van der Waals surface area contributed by atoms with Crippen LogP contribution in [-0.4, -0.2) is 23.9 Å². The SMILES string of the molecule is CN(C)c1cc(N)nn1-c1ccc(F)cc1. The molecule has 0 saturated carbocycles. The number of nitrogen functional groups attached to an aromatic ring is 1. The minimum absolute atomic E-state index is 0.268. The van der Waals surface area contributed by atoms with E-state index in [1.54, 1.807) is 22.9 Å². The smallest absolute Gasteiger partial charge is 0.148 e. The Kier molecular flexibility index (Phi) is 2.52. The summed E-state index contributed by atoms with van der Waals surface area (Å²) < 4.78 is 14.5. The van der Waals surface area contributed by atoms with E-state index in [-0.39, 0.29) is 5.82 Å². The fraction of sp³-hybridized carbons (Fsp3) is 0.182. The van der Waals surface area contributed by atoms with Gasteiger partial charge < -0.3 is 10.6 Å². The van der Waals surface area contributed by atoms with Gasteiger partial charge in [0, 0.05) is 20.2 Å². The van der Waals surface area contributed by atoms with Crippen molar-refractivity contribution in [2.45, 2.75) is 0 Å². The van der Waals surface area contributed by atoms with Crippen molar-refractivity contribution in [2.24, 2.45) is 0 Å². The number of rotatable bonds is 2. The molecule has 1 aromatic carbocycles. The summed E-state index contributed by atoms with van der Waals surface area (Å²) in [4.78, 5) is 1.90. The summed E-state index contributed by atoms with van der Waals surface area (Å²) in [7, 11) is 3.80. The molecule has 16 heavy (non-hydrogen) atoms. The van der Waals surface area contributed by atoms with Gasteiger partial charge in [-0.05, 0) is 24.3 Å². The monoisotopic (exact) mass is 220 g/mol. The maximum atomic E-state index is 12.8. The van der Waals surface area contributed by atoms with Crippen LogP contribution < -0.4 is 10.6 Å². The molecular weight excluding hydrogens is 207 g/mol. The zero-order valence-electron chi connectivity index (χ0n) is 9.18. The first kappa shape index (κ1) is 10.5. The highest BCUT2D eigenvalue weighted by Crippen LogP contribution is 2.20. The lowest BCUT2D eigenvalue weighted by atomic mass is 10.3. The molecule has 2 rings (SSSR count). The van der Waals surface area contributed by atoms with Crippen LogP contribution in [0, 0.1) is 5.82 Å². The van der Waals surface area contributed by atoms with Crippen molar-refractivity contribution < 1.29 is 4.39 Å². The number of nitrogens with zero attached hydrogens (tertiary/aromatic N) is 3. The number of aromatic nitrogens is 2. The maximum absolute atomic E-state index is 12.8. The summed E-state index contributed by atoms with van der Waals surface area (Å²) in [6.45, 7) is 0. The Morgan fingerprint density at radius 1 is 1.25 bits per heavy atom. The molecule has 0 fully saturated rings. The van der Waals surface area contributed by atoms with Crippen molar-refractivity contribution in [1.82, 2.24) is 9.78 Å². The molecule has 0 aliphatic heterocycles.